The summed E-state index contributed by atoms with van der Waals surface area (Å²) in [5, 5.41) is 0.0846. The van der Waals surface area contributed by atoms with Crippen molar-refractivity contribution in [1.29, 1.82) is 0 Å². The molecule has 0 bridgehead atoms. The number of benzene rings is 1. The highest BCUT2D eigenvalue weighted by atomic mass is 32.2. The summed E-state index contributed by atoms with van der Waals surface area (Å²) in [6, 6.07) is 11.3. The van der Waals surface area contributed by atoms with E-state index in [0.29, 0.717) is 23.3 Å². The Hall–Kier alpha value is -2.28. The van der Waals surface area contributed by atoms with E-state index in [1.807, 2.05) is 37.3 Å². The van der Waals surface area contributed by atoms with Crippen LogP contribution in [0, 0.1) is 0 Å². The first-order valence-electron chi connectivity index (χ1n) is 6.81. The maximum atomic E-state index is 12.4. The lowest BCUT2D eigenvalue weighted by molar-refractivity contribution is -0.129. The molecule has 1 aromatic carbocycles. The van der Waals surface area contributed by atoms with Crippen molar-refractivity contribution in [1.82, 2.24) is 14.9 Å². The van der Waals surface area contributed by atoms with Gasteiger partial charge in [0.25, 0.3) is 0 Å². The molecule has 1 amide bonds. The SMILES string of the molecule is C[C@H](Sc1nc(N)cc(N)n1)C(=O)N(C)Cc1ccccc1. The summed E-state index contributed by atoms with van der Waals surface area (Å²) in [5.74, 6) is 0.595. The molecule has 22 heavy (non-hydrogen) atoms. The van der Waals surface area contributed by atoms with Gasteiger partial charge in [0.2, 0.25) is 5.91 Å². The van der Waals surface area contributed by atoms with Gasteiger partial charge in [-0.05, 0) is 12.5 Å². The molecule has 6 nitrogen and oxygen atoms in total. The van der Waals surface area contributed by atoms with E-state index in [1.165, 1.54) is 17.8 Å². The van der Waals surface area contributed by atoms with Gasteiger partial charge >= 0.3 is 0 Å². The third kappa shape index (κ3) is 4.36. The first-order chi connectivity index (χ1) is 10.5. The van der Waals surface area contributed by atoms with Gasteiger partial charge in [-0.1, -0.05) is 42.1 Å². The van der Waals surface area contributed by atoms with E-state index < -0.39 is 0 Å². The summed E-state index contributed by atoms with van der Waals surface area (Å²) < 4.78 is 0. The van der Waals surface area contributed by atoms with Gasteiger partial charge in [-0.15, -0.1) is 0 Å². The summed E-state index contributed by atoms with van der Waals surface area (Å²) in [7, 11) is 1.78. The molecule has 0 radical (unpaired) electrons. The fourth-order valence-corrected chi connectivity index (χ4v) is 2.88. The van der Waals surface area contributed by atoms with Crippen LogP contribution in [0.3, 0.4) is 0 Å². The zero-order chi connectivity index (χ0) is 16.1. The van der Waals surface area contributed by atoms with Gasteiger partial charge in [-0.25, -0.2) is 9.97 Å². The summed E-state index contributed by atoms with van der Waals surface area (Å²) >= 11 is 1.25. The van der Waals surface area contributed by atoms with Crippen molar-refractivity contribution in [2.75, 3.05) is 18.5 Å². The van der Waals surface area contributed by atoms with E-state index in [-0.39, 0.29) is 11.2 Å². The number of thioether (sulfide) groups is 1. The number of carbonyl (C=O) groups is 1. The summed E-state index contributed by atoms with van der Waals surface area (Å²) in [4.78, 5) is 22.2. The van der Waals surface area contributed by atoms with Crippen LogP contribution in [0.1, 0.15) is 12.5 Å². The molecule has 4 N–H and O–H groups in total. The number of aromatic nitrogens is 2. The van der Waals surface area contributed by atoms with E-state index in [1.54, 1.807) is 11.9 Å². The van der Waals surface area contributed by atoms with Crippen LogP contribution in [0.15, 0.2) is 41.6 Å². The van der Waals surface area contributed by atoms with E-state index >= 15 is 0 Å². The molecule has 0 saturated carbocycles. The Morgan fingerprint density at radius 1 is 1.23 bits per heavy atom. The fourth-order valence-electron chi connectivity index (χ4n) is 1.97. The predicted octanol–water partition coefficient (Wildman–Crippen LogP) is 1.78. The molecule has 0 aliphatic carbocycles. The summed E-state index contributed by atoms with van der Waals surface area (Å²) in [6.07, 6.45) is 0. The Morgan fingerprint density at radius 2 is 1.82 bits per heavy atom. The van der Waals surface area contributed by atoms with Crippen LogP contribution in [0.4, 0.5) is 11.6 Å². The first kappa shape index (κ1) is 16.1. The van der Waals surface area contributed by atoms with E-state index in [0.717, 1.165) is 5.56 Å². The number of rotatable bonds is 5. The minimum Gasteiger partial charge on any atom is -0.383 e. The monoisotopic (exact) mass is 317 g/mol. The van der Waals surface area contributed by atoms with Crippen LogP contribution < -0.4 is 11.5 Å². The zero-order valence-electron chi connectivity index (χ0n) is 12.6. The Bertz CT molecular complexity index is 629. The van der Waals surface area contributed by atoms with Crippen molar-refractivity contribution in [2.24, 2.45) is 0 Å². The van der Waals surface area contributed by atoms with E-state index in [2.05, 4.69) is 9.97 Å². The second-order valence-corrected chi connectivity index (χ2v) is 6.25. The molecule has 0 aliphatic rings. The molecule has 1 atom stereocenters. The molecule has 7 heteroatoms. The molecule has 116 valence electrons. The second kappa shape index (κ2) is 7.13. The number of nitrogen functional groups attached to an aromatic ring is 2. The maximum Gasteiger partial charge on any atom is 0.235 e. The number of amides is 1. The van der Waals surface area contributed by atoms with Gasteiger partial charge in [0.15, 0.2) is 5.16 Å². The standard InChI is InChI=1S/C15H19N5OS/c1-10(22-15-18-12(16)8-13(17)19-15)14(21)20(2)9-11-6-4-3-5-7-11/h3-8,10H,9H2,1-2H3,(H4,16,17,18,19)/t10-/m0/s1. The van der Waals surface area contributed by atoms with Gasteiger partial charge in [0.1, 0.15) is 11.6 Å². The van der Waals surface area contributed by atoms with Gasteiger partial charge in [0.05, 0.1) is 5.25 Å². The van der Waals surface area contributed by atoms with Crippen LogP contribution in [0.25, 0.3) is 0 Å². The molecule has 0 aliphatic heterocycles. The Kier molecular flexibility index (Phi) is 5.21. The number of nitrogens with two attached hydrogens (primary N) is 2. The quantitative estimate of drug-likeness (QED) is 0.644. The second-order valence-electron chi connectivity index (χ2n) is 4.94. The lowest BCUT2D eigenvalue weighted by atomic mass is 10.2. The van der Waals surface area contributed by atoms with Crippen molar-refractivity contribution >= 4 is 29.3 Å². The highest BCUT2D eigenvalue weighted by molar-refractivity contribution is 8.00. The highest BCUT2D eigenvalue weighted by Gasteiger charge is 2.20. The number of nitrogens with zero attached hydrogens (tertiary/aromatic N) is 3. The zero-order valence-corrected chi connectivity index (χ0v) is 13.4. The van der Waals surface area contributed by atoms with Crippen molar-refractivity contribution in [3.63, 3.8) is 0 Å². The number of hydrogen-bond donors (Lipinski definition) is 2. The Labute approximate surface area is 133 Å². The molecular formula is C15H19N5OS. The average molecular weight is 317 g/mol. The molecule has 1 aromatic heterocycles. The molecule has 1 heterocycles. The molecule has 2 rings (SSSR count). The third-order valence-corrected chi connectivity index (χ3v) is 3.96. The topological polar surface area (TPSA) is 98.1 Å². The number of hydrogen-bond acceptors (Lipinski definition) is 6. The average Bonchev–Trinajstić information content (AvgIpc) is 2.46. The third-order valence-electron chi connectivity index (χ3n) is 3.01. The van der Waals surface area contributed by atoms with E-state index in [4.69, 9.17) is 11.5 Å². The molecular weight excluding hydrogens is 298 g/mol. The molecule has 0 spiro atoms. The van der Waals surface area contributed by atoms with Crippen LogP contribution in [-0.2, 0) is 11.3 Å². The molecule has 0 fully saturated rings. The lowest BCUT2D eigenvalue weighted by Gasteiger charge is -2.20. The van der Waals surface area contributed by atoms with Crippen LogP contribution in [0.5, 0.6) is 0 Å². The highest BCUT2D eigenvalue weighted by Crippen LogP contribution is 2.23. The normalized spacial score (nSPS) is 11.9. The first-order valence-corrected chi connectivity index (χ1v) is 7.69. The lowest BCUT2D eigenvalue weighted by Crippen LogP contribution is -2.32. The van der Waals surface area contributed by atoms with E-state index in [9.17, 15) is 4.79 Å². The van der Waals surface area contributed by atoms with Gasteiger partial charge in [0, 0.05) is 19.7 Å². The summed E-state index contributed by atoms with van der Waals surface area (Å²) in [5.41, 5.74) is 12.4. The fraction of sp³-hybridized carbons (Fsp3) is 0.267. The molecule has 0 unspecified atom stereocenters. The molecule has 0 saturated heterocycles. The van der Waals surface area contributed by atoms with Crippen LogP contribution >= 0.6 is 11.8 Å². The Balaban J connectivity index is 1.99. The largest absolute Gasteiger partial charge is 0.383 e. The van der Waals surface area contributed by atoms with Crippen molar-refractivity contribution in [2.45, 2.75) is 23.9 Å². The number of carbonyl (C=O) groups excluding carboxylic acids is 1. The Morgan fingerprint density at radius 3 is 2.41 bits per heavy atom. The minimum absolute atomic E-state index is 0.00144. The van der Waals surface area contributed by atoms with Crippen molar-refractivity contribution in [3.05, 3.63) is 42.0 Å². The minimum atomic E-state index is -0.324. The van der Waals surface area contributed by atoms with Crippen molar-refractivity contribution in [3.8, 4) is 0 Å². The number of anilines is 2. The smallest absolute Gasteiger partial charge is 0.235 e. The maximum absolute atomic E-state index is 12.4. The van der Waals surface area contributed by atoms with Gasteiger partial charge < -0.3 is 16.4 Å². The van der Waals surface area contributed by atoms with Gasteiger partial charge in [-0.2, -0.15) is 0 Å². The van der Waals surface area contributed by atoms with Crippen LogP contribution in [0.2, 0.25) is 0 Å². The molecule has 2 aromatic rings. The van der Waals surface area contributed by atoms with Crippen LogP contribution in [-0.4, -0.2) is 33.1 Å². The van der Waals surface area contributed by atoms with Gasteiger partial charge in [-0.3, -0.25) is 4.79 Å². The van der Waals surface area contributed by atoms with Crippen molar-refractivity contribution < 1.29 is 4.79 Å². The predicted molar refractivity (Wildman–Crippen MR) is 89.1 cm³/mol. The summed E-state index contributed by atoms with van der Waals surface area (Å²) in [6.45, 7) is 2.38.